The predicted octanol–water partition coefficient (Wildman–Crippen LogP) is 2.43. The van der Waals surface area contributed by atoms with Gasteiger partial charge < -0.3 is 43.5 Å². The summed E-state index contributed by atoms with van der Waals surface area (Å²) < 4.78 is 32.4. The van der Waals surface area contributed by atoms with Crippen molar-refractivity contribution in [3.8, 4) is 28.7 Å². The molecular formula is C25H26N2O10. The number of methoxy groups -OCH3 is 2. The number of amides is 1. The first-order valence-corrected chi connectivity index (χ1v) is 11.3. The maximum absolute atomic E-state index is 13.1. The van der Waals surface area contributed by atoms with Gasteiger partial charge in [-0.25, -0.2) is 4.79 Å². The van der Waals surface area contributed by atoms with Gasteiger partial charge in [0.15, 0.2) is 11.5 Å². The van der Waals surface area contributed by atoms with Gasteiger partial charge >= 0.3 is 5.97 Å². The number of aromatic nitrogens is 1. The SMILES string of the molecule is CCOC(=O)c1c[nH]c(=O)c(C(CC(=O)NCc2ccco2)c2cc(OC)c3c(c2OC)OCO3)c1O. The molecule has 2 aromatic heterocycles. The second-order valence-corrected chi connectivity index (χ2v) is 7.89. The van der Waals surface area contributed by atoms with Crippen LogP contribution in [0, 0.1) is 0 Å². The number of esters is 1. The minimum atomic E-state index is -1.10. The smallest absolute Gasteiger partial charge is 0.343 e. The van der Waals surface area contributed by atoms with E-state index in [9.17, 15) is 19.5 Å². The third kappa shape index (κ3) is 5.03. The standard InChI is InChI=1S/C25H26N2O10/c1-4-34-25(31)16-11-27-24(30)19(20(16)29)14(9-18(28)26-10-13-6-5-7-35-13)15-8-17(32-2)22-23(21(15)33-3)37-12-36-22/h5-8,11,14H,4,9-10,12H2,1-3H3,(H,26,28)(H2,27,29,30). The second-order valence-electron chi connectivity index (χ2n) is 7.89. The number of pyridine rings is 1. The number of carbonyl (C=O) groups excluding carboxylic acids is 2. The molecule has 4 rings (SSSR count). The van der Waals surface area contributed by atoms with E-state index in [1.165, 1.54) is 26.5 Å². The van der Waals surface area contributed by atoms with Crippen LogP contribution in [0.3, 0.4) is 0 Å². The normalized spacial score (nSPS) is 12.6. The van der Waals surface area contributed by atoms with Crippen LogP contribution in [0.25, 0.3) is 0 Å². The number of hydrogen-bond donors (Lipinski definition) is 3. The fourth-order valence-corrected chi connectivity index (χ4v) is 4.10. The number of carbonyl (C=O) groups is 2. The summed E-state index contributed by atoms with van der Waals surface area (Å²) in [5, 5.41) is 13.8. The number of aromatic amines is 1. The van der Waals surface area contributed by atoms with Gasteiger partial charge in [-0.2, -0.15) is 0 Å². The van der Waals surface area contributed by atoms with Crippen molar-refractivity contribution in [3.63, 3.8) is 0 Å². The zero-order chi connectivity index (χ0) is 26.5. The molecule has 12 heteroatoms. The van der Waals surface area contributed by atoms with Crippen LogP contribution in [-0.4, -0.2) is 49.6 Å². The molecule has 0 aliphatic carbocycles. The average Bonchev–Trinajstić information content (AvgIpc) is 3.58. The van der Waals surface area contributed by atoms with E-state index < -0.39 is 29.1 Å². The van der Waals surface area contributed by atoms with Crippen molar-refractivity contribution in [2.45, 2.75) is 25.8 Å². The molecular weight excluding hydrogens is 488 g/mol. The molecule has 0 spiro atoms. The summed E-state index contributed by atoms with van der Waals surface area (Å²) in [5.74, 6) is -1.55. The van der Waals surface area contributed by atoms with E-state index in [4.69, 9.17) is 28.1 Å². The molecule has 1 aromatic carbocycles. The van der Waals surface area contributed by atoms with Gasteiger partial charge in [0.2, 0.25) is 24.2 Å². The second kappa shape index (κ2) is 11.0. The van der Waals surface area contributed by atoms with E-state index in [2.05, 4.69) is 10.3 Å². The van der Waals surface area contributed by atoms with Crippen molar-refractivity contribution in [1.82, 2.24) is 10.3 Å². The number of fused-ring (bicyclic) bond motifs is 1. The van der Waals surface area contributed by atoms with Crippen molar-refractivity contribution in [3.05, 3.63) is 63.5 Å². The fourth-order valence-electron chi connectivity index (χ4n) is 4.10. The van der Waals surface area contributed by atoms with Crippen molar-refractivity contribution in [2.75, 3.05) is 27.6 Å². The van der Waals surface area contributed by atoms with Crippen LogP contribution in [0.5, 0.6) is 28.7 Å². The Morgan fingerprint density at radius 2 is 2.00 bits per heavy atom. The van der Waals surface area contributed by atoms with Crippen LogP contribution in [0.2, 0.25) is 0 Å². The molecule has 3 heterocycles. The molecule has 0 radical (unpaired) electrons. The highest BCUT2D eigenvalue weighted by atomic mass is 16.7. The summed E-state index contributed by atoms with van der Waals surface area (Å²) in [6, 6.07) is 4.92. The molecule has 1 amide bonds. The Morgan fingerprint density at radius 3 is 2.68 bits per heavy atom. The predicted molar refractivity (Wildman–Crippen MR) is 127 cm³/mol. The highest BCUT2D eigenvalue weighted by Gasteiger charge is 2.35. The van der Waals surface area contributed by atoms with Gasteiger partial charge in [-0.15, -0.1) is 0 Å². The van der Waals surface area contributed by atoms with Crippen molar-refractivity contribution >= 4 is 11.9 Å². The lowest BCUT2D eigenvalue weighted by molar-refractivity contribution is -0.121. The lowest BCUT2D eigenvalue weighted by atomic mass is 9.86. The summed E-state index contributed by atoms with van der Waals surface area (Å²) in [6.07, 6.45) is 2.22. The largest absolute Gasteiger partial charge is 0.506 e. The Labute approximate surface area is 211 Å². The number of rotatable bonds is 10. The summed E-state index contributed by atoms with van der Waals surface area (Å²) >= 11 is 0. The van der Waals surface area contributed by atoms with Gasteiger partial charge in [0.05, 0.1) is 39.2 Å². The van der Waals surface area contributed by atoms with Crippen LogP contribution in [0.1, 0.15) is 46.5 Å². The molecule has 0 fully saturated rings. The van der Waals surface area contributed by atoms with Gasteiger partial charge in [-0.3, -0.25) is 9.59 Å². The Bertz CT molecular complexity index is 1350. The van der Waals surface area contributed by atoms with Gasteiger partial charge in [0, 0.05) is 24.1 Å². The molecule has 196 valence electrons. The molecule has 1 aliphatic rings. The number of benzene rings is 1. The highest BCUT2D eigenvalue weighted by molar-refractivity contribution is 5.92. The average molecular weight is 514 g/mol. The Balaban J connectivity index is 1.85. The van der Waals surface area contributed by atoms with Gasteiger partial charge in [-0.1, -0.05) is 0 Å². The zero-order valence-electron chi connectivity index (χ0n) is 20.4. The van der Waals surface area contributed by atoms with E-state index in [0.717, 1.165) is 6.20 Å². The van der Waals surface area contributed by atoms with E-state index in [0.29, 0.717) is 17.1 Å². The summed E-state index contributed by atoms with van der Waals surface area (Å²) in [6.45, 7) is 1.67. The van der Waals surface area contributed by atoms with E-state index >= 15 is 0 Å². The molecule has 12 nitrogen and oxygen atoms in total. The zero-order valence-corrected chi connectivity index (χ0v) is 20.4. The Hall–Kier alpha value is -4.61. The van der Waals surface area contributed by atoms with E-state index in [-0.39, 0.29) is 54.7 Å². The van der Waals surface area contributed by atoms with Crippen molar-refractivity contribution < 1.29 is 42.8 Å². The monoisotopic (exact) mass is 514 g/mol. The van der Waals surface area contributed by atoms with E-state index in [1.807, 2.05) is 0 Å². The molecule has 1 aliphatic heterocycles. The van der Waals surface area contributed by atoms with Crippen LogP contribution in [-0.2, 0) is 16.1 Å². The minimum Gasteiger partial charge on any atom is -0.506 e. The summed E-state index contributed by atoms with van der Waals surface area (Å²) in [4.78, 5) is 41.0. The van der Waals surface area contributed by atoms with Crippen molar-refractivity contribution in [2.24, 2.45) is 0 Å². The molecule has 0 saturated heterocycles. The van der Waals surface area contributed by atoms with Crippen LogP contribution < -0.4 is 29.8 Å². The quantitative estimate of drug-likeness (QED) is 0.343. The lowest BCUT2D eigenvalue weighted by Crippen LogP contribution is -2.28. The first-order chi connectivity index (χ1) is 17.9. The molecule has 0 saturated carbocycles. The number of aromatic hydroxyl groups is 1. The van der Waals surface area contributed by atoms with Gasteiger partial charge in [0.25, 0.3) is 5.56 Å². The van der Waals surface area contributed by atoms with Crippen molar-refractivity contribution in [1.29, 1.82) is 0 Å². The number of hydrogen-bond acceptors (Lipinski definition) is 10. The molecule has 3 N–H and O–H groups in total. The maximum atomic E-state index is 13.1. The van der Waals surface area contributed by atoms with Crippen LogP contribution in [0.4, 0.5) is 0 Å². The third-order valence-corrected chi connectivity index (χ3v) is 5.77. The van der Waals surface area contributed by atoms with Crippen LogP contribution in [0.15, 0.2) is 39.9 Å². The lowest BCUT2D eigenvalue weighted by Gasteiger charge is -2.22. The third-order valence-electron chi connectivity index (χ3n) is 5.77. The Kier molecular flexibility index (Phi) is 7.56. The minimum absolute atomic E-state index is 0.0541. The van der Waals surface area contributed by atoms with E-state index in [1.54, 1.807) is 19.1 Å². The number of ether oxygens (including phenoxy) is 5. The Morgan fingerprint density at radius 1 is 1.22 bits per heavy atom. The topological polar surface area (TPSA) is 159 Å². The molecule has 1 atom stereocenters. The highest BCUT2D eigenvalue weighted by Crippen LogP contribution is 2.53. The first-order valence-electron chi connectivity index (χ1n) is 11.3. The number of nitrogens with one attached hydrogen (secondary N) is 2. The summed E-state index contributed by atoms with van der Waals surface area (Å²) in [7, 11) is 2.81. The van der Waals surface area contributed by atoms with Gasteiger partial charge in [-0.05, 0) is 25.1 Å². The molecule has 37 heavy (non-hydrogen) atoms. The first kappa shape index (κ1) is 25.5. The number of furan rings is 1. The molecule has 3 aromatic rings. The maximum Gasteiger partial charge on any atom is 0.343 e. The van der Waals surface area contributed by atoms with Gasteiger partial charge in [0.1, 0.15) is 17.1 Å². The number of H-pyrrole nitrogens is 1. The summed E-state index contributed by atoms with van der Waals surface area (Å²) in [5.41, 5.74) is -0.923. The fraction of sp³-hybridized carbons (Fsp3) is 0.320. The molecule has 1 unspecified atom stereocenters. The molecule has 0 bridgehead atoms. The van der Waals surface area contributed by atoms with Crippen LogP contribution >= 0.6 is 0 Å².